The summed E-state index contributed by atoms with van der Waals surface area (Å²) in [5.74, 6) is -0.203. The molecule has 2 aromatic rings. The second-order valence-electron chi connectivity index (χ2n) is 7.37. The molecule has 1 N–H and O–H groups in total. The summed E-state index contributed by atoms with van der Waals surface area (Å²) in [4.78, 5) is 27.4. The summed E-state index contributed by atoms with van der Waals surface area (Å²) in [5.41, 5.74) is 2.74. The number of nitrogens with zero attached hydrogens (tertiary/aromatic N) is 2. The normalized spacial score (nSPS) is 16.8. The first-order valence-electron chi connectivity index (χ1n) is 9.93. The monoisotopic (exact) mass is 383 g/mol. The topological polar surface area (TPSA) is 63.6 Å². The molecule has 1 atom stereocenters. The molecule has 0 bridgehead atoms. The van der Waals surface area contributed by atoms with E-state index in [9.17, 15) is 9.59 Å². The van der Waals surface area contributed by atoms with Crippen molar-refractivity contribution in [1.82, 2.24) is 9.47 Å². The Kier molecular flexibility index (Phi) is 6.52. The Morgan fingerprint density at radius 3 is 2.82 bits per heavy atom. The standard InChI is InChI=1S/C22H29N3O3/c1-4-13-28-18-7-5-12-25(15-18)22(27)17-10-9-16(2)19(14-17)23-21(26)20-8-6-11-24(20)3/h6,8-11,14,18H,4-5,7,12-13,15H2,1-3H3,(H,23,26). The van der Waals surface area contributed by atoms with Crippen LogP contribution in [0.25, 0.3) is 0 Å². The molecule has 6 heteroatoms. The molecule has 1 unspecified atom stereocenters. The van der Waals surface area contributed by atoms with Crippen LogP contribution in [0.5, 0.6) is 0 Å². The molecule has 1 aliphatic rings. The summed E-state index contributed by atoms with van der Waals surface area (Å²) in [6, 6.07) is 9.07. The van der Waals surface area contributed by atoms with Gasteiger partial charge in [-0.25, -0.2) is 0 Å². The number of piperidine rings is 1. The number of rotatable bonds is 6. The molecule has 0 saturated carbocycles. The molecule has 1 aliphatic heterocycles. The van der Waals surface area contributed by atoms with Gasteiger partial charge in [-0.1, -0.05) is 13.0 Å². The number of likely N-dealkylation sites (tertiary alicyclic amines) is 1. The molecule has 2 heterocycles. The predicted octanol–water partition coefficient (Wildman–Crippen LogP) is 3.62. The van der Waals surface area contributed by atoms with E-state index in [0.29, 0.717) is 23.5 Å². The Hall–Kier alpha value is -2.60. The molecule has 1 saturated heterocycles. The Labute approximate surface area is 166 Å². The molecule has 28 heavy (non-hydrogen) atoms. The number of carbonyl (C=O) groups excluding carboxylic acids is 2. The summed E-state index contributed by atoms with van der Waals surface area (Å²) in [6.07, 6.45) is 4.86. The van der Waals surface area contributed by atoms with E-state index in [0.717, 1.165) is 38.0 Å². The number of carbonyl (C=O) groups is 2. The zero-order chi connectivity index (χ0) is 20.1. The second kappa shape index (κ2) is 9.06. The number of hydrogen-bond donors (Lipinski definition) is 1. The second-order valence-corrected chi connectivity index (χ2v) is 7.37. The van der Waals surface area contributed by atoms with Gasteiger partial charge in [-0.3, -0.25) is 9.59 Å². The van der Waals surface area contributed by atoms with Gasteiger partial charge in [0.1, 0.15) is 5.69 Å². The first-order chi connectivity index (χ1) is 13.5. The van der Waals surface area contributed by atoms with Gasteiger partial charge in [0.25, 0.3) is 11.8 Å². The lowest BCUT2D eigenvalue weighted by Crippen LogP contribution is -2.43. The van der Waals surface area contributed by atoms with E-state index in [-0.39, 0.29) is 17.9 Å². The van der Waals surface area contributed by atoms with E-state index in [1.165, 1.54) is 0 Å². The van der Waals surface area contributed by atoms with Gasteiger partial charge in [0.15, 0.2) is 0 Å². The lowest BCUT2D eigenvalue weighted by molar-refractivity contribution is 0.00211. The minimum absolute atomic E-state index is 0.0147. The molecule has 0 aliphatic carbocycles. The predicted molar refractivity (Wildman–Crippen MR) is 110 cm³/mol. The van der Waals surface area contributed by atoms with Crippen molar-refractivity contribution >= 4 is 17.5 Å². The summed E-state index contributed by atoms with van der Waals surface area (Å²) in [5, 5.41) is 2.93. The number of hydrogen-bond acceptors (Lipinski definition) is 3. The van der Waals surface area contributed by atoms with Crippen LogP contribution in [0.3, 0.4) is 0 Å². The Bertz CT molecular complexity index is 843. The van der Waals surface area contributed by atoms with Gasteiger partial charge in [-0.2, -0.15) is 0 Å². The van der Waals surface area contributed by atoms with E-state index >= 15 is 0 Å². The average molecular weight is 383 g/mol. The van der Waals surface area contributed by atoms with Gasteiger partial charge in [0.05, 0.1) is 6.10 Å². The molecule has 3 rings (SSSR count). The fourth-order valence-corrected chi connectivity index (χ4v) is 3.50. The quantitative estimate of drug-likeness (QED) is 0.829. The van der Waals surface area contributed by atoms with Crippen LogP contribution in [0.1, 0.15) is 52.6 Å². The SMILES string of the molecule is CCCOC1CCCN(C(=O)c2ccc(C)c(NC(=O)c3cccn3C)c2)C1. The van der Waals surface area contributed by atoms with Crippen molar-refractivity contribution in [3.8, 4) is 0 Å². The summed E-state index contributed by atoms with van der Waals surface area (Å²) < 4.78 is 7.61. The van der Waals surface area contributed by atoms with Crippen LogP contribution in [0.15, 0.2) is 36.5 Å². The molecular weight excluding hydrogens is 354 g/mol. The van der Waals surface area contributed by atoms with Crippen LogP contribution in [0.2, 0.25) is 0 Å². The third kappa shape index (κ3) is 4.62. The van der Waals surface area contributed by atoms with Crippen molar-refractivity contribution < 1.29 is 14.3 Å². The highest BCUT2D eigenvalue weighted by Gasteiger charge is 2.25. The summed E-state index contributed by atoms with van der Waals surface area (Å²) in [6.45, 7) is 6.10. The molecule has 0 radical (unpaired) electrons. The first-order valence-corrected chi connectivity index (χ1v) is 9.93. The number of anilines is 1. The van der Waals surface area contributed by atoms with E-state index in [1.807, 2.05) is 43.3 Å². The maximum atomic E-state index is 13.0. The molecule has 1 fully saturated rings. The molecule has 0 spiro atoms. The Morgan fingerprint density at radius 1 is 1.29 bits per heavy atom. The Balaban J connectivity index is 1.72. The molecule has 150 valence electrons. The van der Waals surface area contributed by atoms with Crippen LogP contribution in [0.4, 0.5) is 5.69 Å². The first kappa shape index (κ1) is 20.1. The number of nitrogens with one attached hydrogen (secondary N) is 1. The molecule has 2 amide bonds. The zero-order valence-corrected chi connectivity index (χ0v) is 16.9. The summed E-state index contributed by atoms with van der Waals surface area (Å²) in [7, 11) is 1.83. The maximum absolute atomic E-state index is 13.0. The third-order valence-corrected chi connectivity index (χ3v) is 5.13. The molecule has 1 aromatic heterocycles. The van der Waals surface area contributed by atoms with Gasteiger partial charge >= 0.3 is 0 Å². The van der Waals surface area contributed by atoms with E-state index < -0.39 is 0 Å². The molecule has 1 aromatic carbocycles. The lowest BCUT2D eigenvalue weighted by atomic mass is 10.0. The van der Waals surface area contributed by atoms with Gasteiger partial charge in [0, 0.05) is 44.2 Å². The van der Waals surface area contributed by atoms with Crippen LogP contribution in [0, 0.1) is 6.92 Å². The van der Waals surface area contributed by atoms with Gasteiger partial charge in [-0.15, -0.1) is 0 Å². The minimum atomic E-state index is -0.189. The van der Waals surface area contributed by atoms with Crippen LogP contribution >= 0.6 is 0 Å². The van der Waals surface area contributed by atoms with Gasteiger partial charge in [-0.05, 0) is 56.0 Å². The zero-order valence-electron chi connectivity index (χ0n) is 16.9. The largest absolute Gasteiger partial charge is 0.376 e. The van der Waals surface area contributed by atoms with E-state index in [1.54, 1.807) is 16.7 Å². The fraction of sp³-hybridized carbons (Fsp3) is 0.455. The van der Waals surface area contributed by atoms with Gasteiger partial charge < -0.3 is 19.5 Å². The number of benzene rings is 1. The van der Waals surface area contributed by atoms with Crippen molar-refractivity contribution in [2.75, 3.05) is 25.0 Å². The average Bonchev–Trinajstić information content (AvgIpc) is 3.13. The van der Waals surface area contributed by atoms with E-state index in [2.05, 4.69) is 12.2 Å². The maximum Gasteiger partial charge on any atom is 0.272 e. The van der Waals surface area contributed by atoms with E-state index in [4.69, 9.17) is 4.74 Å². The number of ether oxygens (including phenoxy) is 1. The van der Waals surface area contributed by atoms with Crippen molar-refractivity contribution in [3.63, 3.8) is 0 Å². The van der Waals surface area contributed by atoms with Crippen molar-refractivity contribution in [2.24, 2.45) is 7.05 Å². The fourth-order valence-electron chi connectivity index (χ4n) is 3.50. The van der Waals surface area contributed by atoms with Gasteiger partial charge in [0.2, 0.25) is 0 Å². The van der Waals surface area contributed by atoms with Crippen LogP contribution in [-0.4, -0.2) is 47.1 Å². The minimum Gasteiger partial charge on any atom is -0.376 e. The number of aromatic nitrogens is 1. The highest BCUT2D eigenvalue weighted by atomic mass is 16.5. The smallest absolute Gasteiger partial charge is 0.272 e. The number of amides is 2. The molecular formula is C22H29N3O3. The van der Waals surface area contributed by atoms with Crippen LogP contribution in [-0.2, 0) is 11.8 Å². The highest BCUT2D eigenvalue weighted by molar-refractivity contribution is 6.04. The molecule has 6 nitrogen and oxygen atoms in total. The van der Waals surface area contributed by atoms with Crippen molar-refractivity contribution in [2.45, 2.75) is 39.2 Å². The third-order valence-electron chi connectivity index (χ3n) is 5.13. The Morgan fingerprint density at radius 2 is 2.11 bits per heavy atom. The van der Waals surface area contributed by atoms with Crippen molar-refractivity contribution in [1.29, 1.82) is 0 Å². The number of aryl methyl sites for hydroxylation is 2. The van der Waals surface area contributed by atoms with Crippen molar-refractivity contribution in [3.05, 3.63) is 53.3 Å². The summed E-state index contributed by atoms with van der Waals surface area (Å²) >= 11 is 0. The van der Waals surface area contributed by atoms with Crippen LogP contribution < -0.4 is 5.32 Å². The lowest BCUT2D eigenvalue weighted by Gasteiger charge is -2.32. The highest BCUT2D eigenvalue weighted by Crippen LogP contribution is 2.21.